The zero-order valence-electron chi connectivity index (χ0n) is 11.3. The molecule has 0 spiro atoms. The SMILES string of the molecule is C=Cc1nc(Nc2ccc3cc[nH]c3c2)[nH]c(=O)c1C=C. The molecular weight excluding hydrogens is 264 g/mol. The Balaban J connectivity index is 2.00. The number of aromatic nitrogens is 3. The molecule has 0 aliphatic carbocycles. The molecule has 0 atom stereocenters. The van der Waals surface area contributed by atoms with Crippen LogP contribution in [0.3, 0.4) is 0 Å². The van der Waals surface area contributed by atoms with Crippen LogP contribution >= 0.6 is 0 Å². The van der Waals surface area contributed by atoms with Gasteiger partial charge in [0.05, 0.1) is 11.3 Å². The summed E-state index contributed by atoms with van der Waals surface area (Å²) in [4.78, 5) is 22.1. The molecule has 21 heavy (non-hydrogen) atoms. The molecule has 0 amide bonds. The van der Waals surface area contributed by atoms with Crippen LogP contribution in [0.4, 0.5) is 11.6 Å². The predicted molar refractivity (Wildman–Crippen MR) is 86.6 cm³/mol. The van der Waals surface area contributed by atoms with E-state index < -0.39 is 0 Å². The molecule has 0 saturated heterocycles. The molecular formula is C16H14N4O. The third kappa shape index (κ3) is 2.36. The van der Waals surface area contributed by atoms with E-state index in [2.05, 4.69) is 33.4 Å². The normalized spacial score (nSPS) is 10.5. The number of H-pyrrole nitrogens is 2. The second-order valence-electron chi connectivity index (χ2n) is 4.53. The maximum absolute atomic E-state index is 12.0. The van der Waals surface area contributed by atoms with Gasteiger partial charge in [0, 0.05) is 17.4 Å². The first-order chi connectivity index (χ1) is 10.2. The summed E-state index contributed by atoms with van der Waals surface area (Å²) in [7, 11) is 0. The Morgan fingerprint density at radius 2 is 2.05 bits per heavy atom. The summed E-state index contributed by atoms with van der Waals surface area (Å²) in [5.41, 5.74) is 2.49. The molecule has 0 saturated carbocycles. The first-order valence-corrected chi connectivity index (χ1v) is 6.44. The van der Waals surface area contributed by atoms with Crippen molar-refractivity contribution in [1.82, 2.24) is 15.0 Å². The van der Waals surface area contributed by atoms with Gasteiger partial charge in [-0.2, -0.15) is 0 Å². The van der Waals surface area contributed by atoms with Gasteiger partial charge in [0.2, 0.25) is 5.95 Å². The van der Waals surface area contributed by atoms with Crippen molar-refractivity contribution >= 4 is 34.7 Å². The Morgan fingerprint density at radius 1 is 1.19 bits per heavy atom. The van der Waals surface area contributed by atoms with E-state index in [4.69, 9.17) is 0 Å². The maximum atomic E-state index is 12.0. The van der Waals surface area contributed by atoms with Crippen LogP contribution < -0.4 is 10.9 Å². The quantitative estimate of drug-likeness (QED) is 0.685. The van der Waals surface area contributed by atoms with Gasteiger partial charge >= 0.3 is 0 Å². The lowest BCUT2D eigenvalue weighted by atomic mass is 10.2. The van der Waals surface area contributed by atoms with E-state index in [1.807, 2.05) is 30.5 Å². The summed E-state index contributed by atoms with van der Waals surface area (Å²) in [6.45, 7) is 7.28. The molecule has 5 nitrogen and oxygen atoms in total. The zero-order valence-corrected chi connectivity index (χ0v) is 11.3. The number of aromatic amines is 2. The Bertz CT molecular complexity index is 889. The minimum Gasteiger partial charge on any atom is -0.361 e. The Kier molecular flexibility index (Phi) is 3.16. The van der Waals surface area contributed by atoms with Gasteiger partial charge in [-0.25, -0.2) is 4.98 Å². The summed E-state index contributed by atoms with van der Waals surface area (Å²) >= 11 is 0. The smallest absolute Gasteiger partial charge is 0.260 e. The summed E-state index contributed by atoms with van der Waals surface area (Å²) in [6, 6.07) is 7.85. The van der Waals surface area contributed by atoms with Crippen molar-refractivity contribution in [3.05, 3.63) is 65.2 Å². The molecule has 2 aromatic heterocycles. The van der Waals surface area contributed by atoms with E-state index in [0.717, 1.165) is 16.6 Å². The molecule has 0 fully saturated rings. The first kappa shape index (κ1) is 12.9. The highest BCUT2D eigenvalue weighted by Crippen LogP contribution is 2.20. The number of nitrogens with zero attached hydrogens (tertiary/aromatic N) is 1. The lowest BCUT2D eigenvalue weighted by Crippen LogP contribution is -2.15. The summed E-state index contributed by atoms with van der Waals surface area (Å²) in [5.74, 6) is 0.367. The van der Waals surface area contributed by atoms with Crippen molar-refractivity contribution in [3.8, 4) is 0 Å². The van der Waals surface area contributed by atoms with E-state index in [9.17, 15) is 4.79 Å². The van der Waals surface area contributed by atoms with Gasteiger partial charge in [-0.15, -0.1) is 0 Å². The fourth-order valence-corrected chi connectivity index (χ4v) is 2.17. The van der Waals surface area contributed by atoms with Crippen LogP contribution in [-0.2, 0) is 0 Å². The maximum Gasteiger partial charge on any atom is 0.260 e. The molecule has 3 aromatic rings. The molecule has 1 aromatic carbocycles. The number of nitrogens with one attached hydrogen (secondary N) is 3. The molecule has 5 heteroatoms. The predicted octanol–water partition coefficient (Wildman–Crippen LogP) is 3.28. The molecule has 0 aliphatic heterocycles. The average molecular weight is 278 g/mol. The topological polar surface area (TPSA) is 73.6 Å². The molecule has 3 rings (SSSR count). The number of anilines is 2. The van der Waals surface area contributed by atoms with Crippen LogP contribution in [0.5, 0.6) is 0 Å². The Morgan fingerprint density at radius 3 is 2.81 bits per heavy atom. The van der Waals surface area contributed by atoms with Crippen LogP contribution in [0.2, 0.25) is 0 Å². The third-order valence-electron chi connectivity index (χ3n) is 3.20. The number of fused-ring (bicyclic) bond motifs is 1. The van der Waals surface area contributed by atoms with E-state index in [-0.39, 0.29) is 5.56 Å². The van der Waals surface area contributed by atoms with Crippen molar-refractivity contribution in [1.29, 1.82) is 0 Å². The average Bonchev–Trinajstić information content (AvgIpc) is 2.94. The van der Waals surface area contributed by atoms with Crippen molar-refractivity contribution in [2.45, 2.75) is 0 Å². The highest BCUT2D eigenvalue weighted by Gasteiger charge is 2.06. The largest absolute Gasteiger partial charge is 0.361 e. The minimum atomic E-state index is -0.252. The van der Waals surface area contributed by atoms with Gasteiger partial charge in [-0.1, -0.05) is 25.3 Å². The molecule has 0 unspecified atom stereocenters. The van der Waals surface area contributed by atoms with Gasteiger partial charge < -0.3 is 10.3 Å². The van der Waals surface area contributed by atoms with E-state index in [1.54, 1.807) is 0 Å². The van der Waals surface area contributed by atoms with Gasteiger partial charge in [0.15, 0.2) is 0 Å². The van der Waals surface area contributed by atoms with Gasteiger partial charge in [0.25, 0.3) is 5.56 Å². The molecule has 2 heterocycles. The standard InChI is InChI=1S/C16H14N4O/c1-3-12-13(4-2)19-16(20-15(12)21)18-11-6-5-10-7-8-17-14(10)9-11/h3-9,17H,1-2H2,(H2,18,19,20,21). The summed E-state index contributed by atoms with van der Waals surface area (Å²) < 4.78 is 0. The second-order valence-corrected chi connectivity index (χ2v) is 4.53. The van der Waals surface area contributed by atoms with E-state index in [0.29, 0.717) is 17.2 Å². The monoisotopic (exact) mass is 278 g/mol. The van der Waals surface area contributed by atoms with Crippen molar-refractivity contribution in [2.75, 3.05) is 5.32 Å². The minimum absolute atomic E-state index is 0.252. The Labute approximate surface area is 121 Å². The number of hydrogen-bond acceptors (Lipinski definition) is 3. The van der Waals surface area contributed by atoms with Gasteiger partial charge in [-0.05, 0) is 29.7 Å². The fourth-order valence-electron chi connectivity index (χ4n) is 2.17. The summed E-state index contributed by atoms with van der Waals surface area (Å²) in [5, 5.41) is 4.21. The summed E-state index contributed by atoms with van der Waals surface area (Å²) in [6.07, 6.45) is 4.88. The lowest BCUT2D eigenvalue weighted by molar-refractivity contribution is 1.10. The van der Waals surface area contributed by atoms with E-state index >= 15 is 0 Å². The van der Waals surface area contributed by atoms with E-state index in [1.165, 1.54) is 12.2 Å². The number of benzene rings is 1. The van der Waals surface area contributed by atoms with Crippen molar-refractivity contribution < 1.29 is 0 Å². The molecule has 0 bridgehead atoms. The molecule has 0 radical (unpaired) electrons. The van der Waals surface area contributed by atoms with Crippen LogP contribution in [0.1, 0.15) is 11.3 Å². The number of rotatable bonds is 4. The molecule has 104 valence electrons. The van der Waals surface area contributed by atoms with Gasteiger partial charge in [-0.3, -0.25) is 9.78 Å². The third-order valence-corrected chi connectivity index (χ3v) is 3.20. The van der Waals surface area contributed by atoms with Crippen LogP contribution in [0.25, 0.3) is 23.1 Å². The molecule has 3 N–H and O–H groups in total. The van der Waals surface area contributed by atoms with Crippen molar-refractivity contribution in [3.63, 3.8) is 0 Å². The molecule has 0 aliphatic rings. The highest BCUT2D eigenvalue weighted by atomic mass is 16.1. The van der Waals surface area contributed by atoms with Crippen molar-refractivity contribution in [2.24, 2.45) is 0 Å². The fraction of sp³-hybridized carbons (Fsp3) is 0. The number of hydrogen-bond donors (Lipinski definition) is 3. The van der Waals surface area contributed by atoms with Crippen LogP contribution in [-0.4, -0.2) is 15.0 Å². The van der Waals surface area contributed by atoms with Crippen LogP contribution in [0, 0.1) is 0 Å². The first-order valence-electron chi connectivity index (χ1n) is 6.44. The van der Waals surface area contributed by atoms with Crippen LogP contribution in [0.15, 0.2) is 48.4 Å². The highest BCUT2D eigenvalue weighted by molar-refractivity contribution is 5.83. The lowest BCUT2D eigenvalue weighted by Gasteiger charge is -2.07. The Hall–Kier alpha value is -3.08. The zero-order chi connectivity index (χ0) is 14.8. The second kappa shape index (κ2) is 5.13. The van der Waals surface area contributed by atoms with Gasteiger partial charge in [0.1, 0.15) is 0 Å².